The standard InChI is InChI=1S/C10H10BrFN2/c1-14(3-2-13)7-8-4-9(11)6-10(12)5-8/h4-6H,3,7H2,1H3. The number of nitriles is 1. The molecule has 1 aromatic rings. The fourth-order valence-corrected chi connectivity index (χ4v) is 1.70. The number of halogens is 2. The van der Waals surface area contributed by atoms with Crippen molar-refractivity contribution in [3.63, 3.8) is 0 Å². The highest BCUT2D eigenvalue weighted by atomic mass is 79.9. The smallest absolute Gasteiger partial charge is 0.124 e. The van der Waals surface area contributed by atoms with E-state index in [9.17, 15) is 4.39 Å². The maximum Gasteiger partial charge on any atom is 0.124 e. The van der Waals surface area contributed by atoms with Crippen LogP contribution in [0.15, 0.2) is 22.7 Å². The Labute approximate surface area is 91.1 Å². The van der Waals surface area contributed by atoms with Crippen molar-refractivity contribution < 1.29 is 4.39 Å². The van der Waals surface area contributed by atoms with Crippen molar-refractivity contribution in [2.45, 2.75) is 6.54 Å². The van der Waals surface area contributed by atoms with Crippen molar-refractivity contribution in [3.8, 4) is 6.07 Å². The number of benzene rings is 1. The summed E-state index contributed by atoms with van der Waals surface area (Å²) in [6, 6.07) is 6.76. The fourth-order valence-electron chi connectivity index (χ4n) is 1.19. The van der Waals surface area contributed by atoms with Gasteiger partial charge in [0.1, 0.15) is 5.82 Å². The number of hydrogen-bond acceptors (Lipinski definition) is 2. The summed E-state index contributed by atoms with van der Waals surface area (Å²) in [4.78, 5) is 1.82. The van der Waals surface area contributed by atoms with Crippen molar-refractivity contribution in [1.82, 2.24) is 4.90 Å². The molecule has 1 aromatic carbocycles. The minimum atomic E-state index is -0.264. The Morgan fingerprint density at radius 1 is 1.50 bits per heavy atom. The average Bonchev–Trinajstić information content (AvgIpc) is 2.01. The fraction of sp³-hybridized carbons (Fsp3) is 0.300. The van der Waals surface area contributed by atoms with Gasteiger partial charge in [-0.15, -0.1) is 0 Å². The van der Waals surface area contributed by atoms with Gasteiger partial charge >= 0.3 is 0 Å². The summed E-state index contributed by atoms with van der Waals surface area (Å²) < 4.78 is 13.7. The lowest BCUT2D eigenvalue weighted by atomic mass is 10.2. The number of nitrogens with zero attached hydrogens (tertiary/aromatic N) is 2. The first-order valence-corrected chi connectivity index (χ1v) is 4.91. The van der Waals surface area contributed by atoms with Gasteiger partial charge in [0.2, 0.25) is 0 Å². The molecular formula is C10H10BrFN2. The Balaban J connectivity index is 2.72. The first kappa shape index (κ1) is 11.2. The van der Waals surface area contributed by atoms with Gasteiger partial charge in [-0.25, -0.2) is 4.39 Å². The summed E-state index contributed by atoms with van der Waals surface area (Å²) in [6.07, 6.45) is 0. The third-order valence-electron chi connectivity index (χ3n) is 1.72. The second kappa shape index (κ2) is 5.08. The number of rotatable bonds is 3. The van der Waals surface area contributed by atoms with Crippen LogP contribution < -0.4 is 0 Å². The van der Waals surface area contributed by atoms with E-state index in [1.54, 1.807) is 0 Å². The third-order valence-corrected chi connectivity index (χ3v) is 2.17. The molecule has 0 amide bonds. The monoisotopic (exact) mass is 256 g/mol. The maximum atomic E-state index is 13.0. The van der Waals surface area contributed by atoms with E-state index in [1.165, 1.54) is 12.1 Å². The average molecular weight is 257 g/mol. The van der Waals surface area contributed by atoms with E-state index in [0.29, 0.717) is 13.1 Å². The highest BCUT2D eigenvalue weighted by Crippen LogP contribution is 2.15. The van der Waals surface area contributed by atoms with Gasteiger partial charge in [-0.2, -0.15) is 5.26 Å². The molecule has 0 radical (unpaired) electrons. The molecule has 0 aliphatic carbocycles. The zero-order valence-corrected chi connectivity index (χ0v) is 9.38. The first-order chi connectivity index (χ1) is 6.61. The van der Waals surface area contributed by atoms with Gasteiger partial charge in [0.05, 0.1) is 12.6 Å². The summed E-state index contributed by atoms with van der Waals surface area (Å²) in [6.45, 7) is 0.915. The predicted octanol–water partition coefficient (Wildman–Crippen LogP) is 2.54. The molecule has 1 rings (SSSR count). The Hall–Kier alpha value is -0.920. The van der Waals surface area contributed by atoms with Gasteiger partial charge in [-0.05, 0) is 30.8 Å². The molecule has 0 fully saturated rings. The summed E-state index contributed by atoms with van der Waals surface area (Å²) in [5.74, 6) is -0.264. The lowest BCUT2D eigenvalue weighted by Crippen LogP contribution is -2.17. The molecule has 74 valence electrons. The SMILES string of the molecule is CN(CC#N)Cc1cc(F)cc(Br)c1. The van der Waals surface area contributed by atoms with Crippen LogP contribution in [0.4, 0.5) is 4.39 Å². The molecule has 0 N–H and O–H groups in total. The van der Waals surface area contributed by atoms with Gasteiger partial charge in [-0.1, -0.05) is 15.9 Å². The Morgan fingerprint density at radius 2 is 2.21 bits per heavy atom. The molecule has 0 saturated carbocycles. The van der Waals surface area contributed by atoms with Crippen molar-refractivity contribution in [2.24, 2.45) is 0 Å². The minimum Gasteiger partial charge on any atom is -0.289 e. The van der Waals surface area contributed by atoms with Gasteiger partial charge in [-0.3, -0.25) is 4.90 Å². The van der Waals surface area contributed by atoms with Crippen LogP contribution in [0.25, 0.3) is 0 Å². The van der Waals surface area contributed by atoms with Crippen molar-refractivity contribution in [3.05, 3.63) is 34.1 Å². The van der Waals surface area contributed by atoms with Crippen LogP contribution in [0.3, 0.4) is 0 Å². The third kappa shape index (κ3) is 3.44. The summed E-state index contributed by atoms with van der Waals surface area (Å²) in [5, 5.41) is 8.45. The van der Waals surface area contributed by atoms with Gasteiger partial charge in [0, 0.05) is 11.0 Å². The molecule has 0 unspecified atom stereocenters. The zero-order valence-electron chi connectivity index (χ0n) is 7.80. The van der Waals surface area contributed by atoms with Crippen LogP contribution in [0.5, 0.6) is 0 Å². The van der Waals surface area contributed by atoms with E-state index >= 15 is 0 Å². The number of hydrogen-bond donors (Lipinski definition) is 0. The molecular weight excluding hydrogens is 247 g/mol. The normalized spacial score (nSPS) is 10.2. The summed E-state index contributed by atoms with van der Waals surface area (Å²) >= 11 is 3.22. The molecule has 14 heavy (non-hydrogen) atoms. The van der Waals surface area contributed by atoms with Crippen molar-refractivity contribution in [1.29, 1.82) is 5.26 Å². The second-order valence-corrected chi connectivity index (χ2v) is 4.02. The Kier molecular flexibility index (Phi) is 4.05. The molecule has 0 aromatic heterocycles. The van der Waals surface area contributed by atoms with Crippen molar-refractivity contribution in [2.75, 3.05) is 13.6 Å². The molecule has 0 aliphatic heterocycles. The van der Waals surface area contributed by atoms with Crippen LogP contribution in [-0.4, -0.2) is 18.5 Å². The van der Waals surface area contributed by atoms with Gasteiger partial charge in [0.25, 0.3) is 0 Å². The Bertz CT molecular complexity index is 339. The van der Waals surface area contributed by atoms with Gasteiger partial charge in [0.15, 0.2) is 0 Å². The highest BCUT2D eigenvalue weighted by molar-refractivity contribution is 9.10. The molecule has 0 heterocycles. The van der Waals surface area contributed by atoms with E-state index in [-0.39, 0.29) is 5.82 Å². The lowest BCUT2D eigenvalue weighted by Gasteiger charge is -2.12. The highest BCUT2D eigenvalue weighted by Gasteiger charge is 2.02. The van der Waals surface area contributed by atoms with E-state index in [2.05, 4.69) is 15.9 Å². The molecule has 2 nitrogen and oxygen atoms in total. The Morgan fingerprint density at radius 3 is 2.79 bits per heavy atom. The quantitative estimate of drug-likeness (QED) is 0.778. The lowest BCUT2D eigenvalue weighted by molar-refractivity contribution is 0.366. The first-order valence-electron chi connectivity index (χ1n) is 4.12. The van der Waals surface area contributed by atoms with Crippen LogP contribution in [0, 0.1) is 17.1 Å². The van der Waals surface area contributed by atoms with E-state index in [4.69, 9.17) is 5.26 Å². The molecule has 0 bridgehead atoms. The van der Waals surface area contributed by atoms with Crippen molar-refractivity contribution >= 4 is 15.9 Å². The maximum absolute atomic E-state index is 13.0. The molecule has 4 heteroatoms. The summed E-state index contributed by atoms with van der Waals surface area (Å²) in [5.41, 5.74) is 0.856. The second-order valence-electron chi connectivity index (χ2n) is 3.11. The largest absolute Gasteiger partial charge is 0.289 e. The zero-order chi connectivity index (χ0) is 10.6. The van der Waals surface area contributed by atoms with Crippen LogP contribution in [-0.2, 0) is 6.54 Å². The van der Waals surface area contributed by atoms with E-state index < -0.39 is 0 Å². The summed E-state index contributed by atoms with van der Waals surface area (Å²) in [7, 11) is 1.82. The molecule has 0 aliphatic rings. The minimum absolute atomic E-state index is 0.264. The molecule has 0 atom stereocenters. The molecule has 0 spiro atoms. The molecule has 0 saturated heterocycles. The van der Waals surface area contributed by atoms with E-state index in [0.717, 1.165) is 10.0 Å². The van der Waals surface area contributed by atoms with E-state index in [1.807, 2.05) is 24.1 Å². The predicted molar refractivity (Wildman–Crippen MR) is 56.0 cm³/mol. The van der Waals surface area contributed by atoms with Gasteiger partial charge < -0.3 is 0 Å². The van der Waals surface area contributed by atoms with Crippen LogP contribution in [0.2, 0.25) is 0 Å². The van der Waals surface area contributed by atoms with Crippen LogP contribution in [0.1, 0.15) is 5.56 Å². The topological polar surface area (TPSA) is 27.0 Å². The van der Waals surface area contributed by atoms with Crippen LogP contribution >= 0.6 is 15.9 Å².